The molecule has 4 heavy (non-hydrogen) atoms. The molecule has 0 aromatic heterocycles. The molecule has 0 unspecified atom stereocenters. The second-order valence-corrected chi connectivity index (χ2v) is 0.224. The number of hydrogen-bond donors (Lipinski definition) is 0. The van der Waals surface area contributed by atoms with Crippen LogP contribution in [0.4, 0.5) is 0 Å². The number of rotatable bonds is 0. The largest absolute Gasteiger partial charge is 0.199 e. The van der Waals surface area contributed by atoms with Gasteiger partial charge in [0.1, 0.15) is 0 Å². The van der Waals surface area contributed by atoms with Crippen molar-refractivity contribution in [2.75, 3.05) is 0 Å². The average Bonchev–Trinajstić information content (AvgIpc) is 0.918. The van der Waals surface area contributed by atoms with E-state index in [1.54, 1.807) is 6.07 Å². The Kier molecular flexibility index (Phi) is 24.2. The predicted molar refractivity (Wildman–Crippen MR) is 11.3 cm³/mol. The molecule has 0 bridgehead atoms. The number of nitriles is 1. The molecule has 0 rings (SSSR count). The zero-order chi connectivity index (χ0) is 2.71. The molecule has 2 heteroatoms. The van der Waals surface area contributed by atoms with Crippen LogP contribution in [0.2, 0.25) is 0 Å². The Morgan fingerprint density at radius 2 is 1.75 bits per heavy atom. The maximum absolute atomic E-state index is 7.32. The SMILES string of the molecule is CC#N.[W]. The van der Waals surface area contributed by atoms with E-state index in [9.17, 15) is 0 Å². The number of nitrogens with zero attached hydrogens (tertiary/aromatic N) is 1. The number of hydrogen-bond acceptors (Lipinski definition) is 1. The molecule has 0 atom stereocenters. The van der Waals surface area contributed by atoms with Crippen molar-refractivity contribution in [3.8, 4) is 6.07 Å². The molecular formula is C2H3NW. The zero-order valence-electron chi connectivity index (χ0n) is 2.36. The molecular weight excluding hydrogens is 222 g/mol. The first-order chi connectivity index (χ1) is 1.41. The van der Waals surface area contributed by atoms with Crippen molar-refractivity contribution in [2.24, 2.45) is 0 Å². The molecule has 0 N–H and O–H groups in total. The molecule has 0 aliphatic heterocycles. The fourth-order valence-corrected chi connectivity index (χ4v) is 0. The van der Waals surface area contributed by atoms with Crippen LogP contribution < -0.4 is 0 Å². The Bertz CT molecular complexity index is 27.5. The van der Waals surface area contributed by atoms with E-state index in [0.29, 0.717) is 0 Å². The average molecular weight is 225 g/mol. The summed E-state index contributed by atoms with van der Waals surface area (Å²) in [6.07, 6.45) is 0. The van der Waals surface area contributed by atoms with Crippen molar-refractivity contribution in [1.29, 1.82) is 5.26 Å². The maximum atomic E-state index is 7.32. The van der Waals surface area contributed by atoms with Crippen molar-refractivity contribution in [3.05, 3.63) is 0 Å². The summed E-state index contributed by atoms with van der Waals surface area (Å²) in [6.45, 7) is 1.43. The van der Waals surface area contributed by atoms with Crippen LogP contribution in [-0.4, -0.2) is 0 Å². The van der Waals surface area contributed by atoms with E-state index in [1.807, 2.05) is 0 Å². The third-order valence-electron chi connectivity index (χ3n) is 0. The smallest absolute Gasteiger partial charge is 0.0587 e. The fraction of sp³-hybridized carbons (Fsp3) is 0.500. The maximum Gasteiger partial charge on any atom is 0.0587 e. The molecule has 0 aliphatic carbocycles. The molecule has 0 aromatic carbocycles. The minimum Gasteiger partial charge on any atom is -0.199 e. The van der Waals surface area contributed by atoms with Crippen LogP contribution in [0, 0.1) is 11.3 Å². The minimum atomic E-state index is 0. The van der Waals surface area contributed by atoms with E-state index in [4.69, 9.17) is 5.26 Å². The van der Waals surface area contributed by atoms with Crippen LogP contribution in [-0.2, 0) is 21.1 Å². The van der Waals surface area contributed by atoms with Gasteiger partial charge < -0.3 is 0 Å². The Hall–Kier alpha value is 0.178. The Balaban J connectivity index is 0. The summed E-state index contributed by atoms with van der Waals surface area (Å²) >= 11 is 0. The van der Waals surface area contributed by atoms with Crippen LogP contribution in [0.1, 0.15) is 6.92 Å². The summed E-state index contributed by atoms with van der Waals surface area (Å²) in [5, 5.41) is 7.32. The van der Waals surface area contributed by atoms with Gasteiger partial charge in [-0.05, 0) is 0 Å². The van der Waals surface area contributed by atoms with Crippen LogP contribution in [0.15, 0.2) is 0 Å². The molecule has 0 fully saturated rings. The van der Waals surface area contributed by atoms with E-state index in [-0.39, 0.29) is 21.1 Å². The van der Waals surface area contributed by atoms with Crippen LogP contribution in [0.25, 0.3) is 0 Å². The Morgan fingerprint density at radius 1 is 1.75 bits per heavy atom. The van der Waals surface area contributed by atoms with Gasteiger partial charge >= 0.3 is 0 Å². The van der Waals surface area contributed by atoms with Gasteiger partial charge in [-0.1, -0.05) is 0 Å². The zero-order valence-corrected chi connectivity index (χ0v) is 5.29. The van der Waals surface area contributed by atoms with E-state index in [2.05, 4.69) is 0 Å². The summed E-state index contributed by atoms with van der Waals surface area (Å²) < 4.78 is 0. The van der Waals surface area contributed by atoms with Gasteiger partial charge in [0.25, 0.3) is 0 Å². The molecule has 22 valence electrons. The molecule has 0 spiro atoms. The van der Waals surface area contributed by atoms with Gasteiger partial charge in [0.05, 0.1) is 6.07 Å². The summed E-state index contributed by atoms with van der Waals surface area (Å²) in [7, 11) is 0. The Labute approximate surface area is 39.9 Å². The van der Waals surface area contributed by atoms with Crippen molar-refractivity contribution in [3.63, 3.8) is 0 Å². The standard InChI is InChI=1S/C2H3N.W/c1-2-3;/h1H3;. The monoisotopic (exact) mass is 225 g/mol. The third kappa shape index (κ3) is 95.1. The third-order valence-corrected chi connectivity index (χ3v) is 0. The van der Waals surface area contributed by atoms with Crippen LogP contribution in [0.3, 0.4) is 0 Å². The second kappa shape index (κ2) is 10.9. The summed E-state index contributed by atoms with van der Waals surface area (Å²) in [5.41, 5.74) is 0. The van der Waals surface area contributed by atoms with E-state index in [0.717, 1.165) is 0 Å². The van der Waals surface area contributed by atoms with Gasteiger partial charge in [0.2, 0.25) is 0 Å². The molecule has 0 heterocycles. The molecule has 0 aliphatic rings. The van der Waals surface area contributed by atoms with Crippen LogP contribution >= 0.6 is 0 Å². The first kappa shape index (κ1) is 8.90. The molecule has 0 radical (unpaired) electrons. The van der Waals surface area contributed by atoms with E-state index < -0.39 is 0 Å². The van der Waals surface area contributed by atoms with Crippen LogP contribution in [0.5, 0.6) is 0 Å². The van der Waals surface area contributed by atoms with Gasteiger partial charge in [0, 0.05) is 28.0 Å². The molecule has 1 nitrogen and oxygen atoms in total. The van der Waals surface area contributed by atoms with Gasteiger partial charge in [-0.25, -0.2) is 0 Å². The first-order valence-electron chi connectivity index (χ1n) is 0.724. The van der Waals surface area contributed by atoms with Gasteiger partial charge in [0.15, 0.2) is 0 Å². The summed E-state index contributed by atoms with van der Waals surface area (Å²) in [6, 6.07) is 1.75. The first-order valence-corrected chi connectivity index (χ1v) is 0.724. The quantitative estimate of drug-likeness (QED) is 0.589. The van der Waals surface area contributed by atoms with E-state index in [1.165, 1.54) is 6.92 Å². The van der Waals surface area contributed by atoms with Crippen molar-refractivity contribution < 1.29 is 21.1 Å². The molecule has 0 saturated heterocycles. The predicted octanol–water partition coefficient (Wildman–Crippen LogP) is 0.527. The Morgan fingerprint density at radius 3 is 1.75 bits per heavy atom. The fourth-order valence-electron chi connectivity index (χ4n) is 0. The summed E-state index contributed by atoms with van der Waals surface area (Å²) in [5.74, 6) is 0. The van der Waals surface area contributed by atoms with Gasteiger partial charge in [-0.2, -0.15) is 5.26 Å². The molecule has 0 amide bonds. The van der Waals surface area contributed by atoms with E-state index >= 15 is 0 Å². The molecule has 0 aromatic rings. The second-order valence-electron chi connectivity index (χ2n) is 0.224. The van der Waals surface area contributed by atoms with Gasteiger partial charge in [-0.3, -0.25) is 0 Å². The topological polar surface area (TPSA) is 23.8 Å². The van der Waals surface area contributed by atoms with Crippen molar-refractivity contribution >= 4 is 0 Å². The summed E-state index contributed by atoms with van der Waals surface area (Å²) in [4.78, 5) is 0. The molecule has 0 saturated carbocycles. The van der Waals surface area contributed by atoms with Crippen molar-refractivity contribution in [2.45, 2.75) is 6.92 Å². The normalized spacial score (nSPS) is 2.00. The van der Waals surface area contributed by atoms with Gasteiger partial charge in [-0.15, -0.1) is 0 Å². The van der Waals surface area contributed by atoms with Crippen molar-refractivity contribution in [1.82, 2.24) is 0 Å². The minimum absolute atomic E-state index is 0.